The quantitative estimate of drug-likeness (QED) is 0.825. The van der Waals surface area contributed by atoms with Crippen LogP contribution in [0.2, 0.25) is 0 Å². The van der Waals surface area contributed by atoms with Crippen LogP contribution < -0.4 is 5.73 Å². The first-order valence-corrected chi connectivity index (χ1v) is 5.96. The number of hydrogen-bond acceptors (Lipinski definition) is 6. The fraction of sp³-hybridized carbons (Fsp3) is 0.300. The number of hydrogen-bond donors (Lipinski definition) is 1. The summed E-state index contributed by atoms with van der Waals surface area (Å²) >= 11 is 1.52. The normalized spacial score (nSPS) is 10.4. The third-order valence-corrected chi connectivity index (χ3v) is 2.90. The van der Waals surface area contributed by atoms with Gasteiger partial charge in [0.1, 0.15) is 10.8 Å². The molecule has 0 saturated carbocycles. The number of carbonyl (C=O) groups excluding carboxylic acids is 1. The lowest BCUT2D eigenvalue weighted by Crippen LogP contribution is -2.10. The molecule has 0 aromatic carbocycles. The van der Waals surface area contributed by atoms with Crippen molar-refractivity contribution in [2.45, 2.75) is 13.5 Å². The number of aromatic nitrogens is 3. The SMILES string of the molecule is CCOC(=O)c1ncn(Cc2nccs2)c1N. The van der Waals surface area contributed by atoms with Gasteiger partial charge in [0.05, 0.1) is 19.5 Å². The first kappa shape index (κ1) is 11.6. The molecule has 0 spiro atoms. The van der Waals surface area contributed by atoms with E-state index in [0.29, 0.717) is 19.0 Å². The summed E-state index contributed by atoms with van der Waals surface area (Å²) in [6.45, 7) is 2.55. The van der Waals surface area contributed by atoms with E-state index in [1.807, 2.05) is 5.38 Å². The minimum absolute atomic E-state index is 0.156. The fourth-order valence-electron chi connectivity index (χ4n) is 1.35. The van der Waals surface area contributed by atoms with Gasteiger partial charge < -0.3 is 15.0 Å². The summed E-state index contributed by atoms with van der Waals surface area (Å²) in [5, 5.41) is 2.79. The minimum Gasteiger partial charge on any atom is -0.461 e. The number of anilines is 1. The highest BCUT2D eigenvalue weighted by molar-refractivity contribution is 7.09. The molecule has 2 aromatic heterocycles. The molecule has 17 heavy (non-hydrogen) atoms. The molecular weight excluding hydrogens is 240 g/mol. The lowest BCUT2D eigenvalue weighted by atomic mass is 10.4. The number of thiazole rings is 1. The second-order valence-electron chi connectivity index (χ2n) is 3.25. The molecule has 6 nitrogen and oxygen atoms in total. The smallest absolute Gasteiger partial charge is 0.360 e. The topological polar surface area (TPSA) is 83.0 Å². The second-order valence-corrected chi connectivity index (χ2v) is 4.23. The lowest BCUT2D eigenvalue weighted by molar-refractivity contribution is 0.0521. The molecule has 0 unspecified atom stereocenters. The summed E-state index contributed by atoms with van der Waals surface area (Å²) in [6, 6.07) is 0. The summed E-state index contributed by atoms with van der Waals surface area (Å²) < 4.78 is 6.52. The van der Waals surface area contributed by atoms with Crippen molar-refractivity contribution in [3.63, 3.8) is 0 Å². The molecule has 2 heterocycles. The Bertz CT molecular complexity index is 506. The van der Waals surface area contributed by atoms with Crippen LogP contribution in [0.4, 0.5) is 5.82 Å². The molecule has 0 aliphatic heterocycles. The van der Waals surface area contributed by atoms with Gasteiger partial charge in [-0.05, 0) is 6.92 Å². The van der Waals surface area contributed by atoms with Crippen molar-refractivity contribution < 1.29 is 9.53 Å². The summed E-state index contributed by atoms with van der Waals surface area (Å²) in [4.78, 5) is 19.6. The highest BCUT2D eigenvalue weighted by Gasteiger charge is 2.17. The van der Waals surface area contributed by atoms with Crippen LogP contribution in [0.1, 0.15) is 22.4 Å². The van der Waals surface area contributed by atoms with Crippen LogP contribution in [0, 0.1) is 0 Å². The fourth-order valence-corrected chi connectivity index (χ4v) is 1.97. The number of nitrogens with two attached hydrogens (primary N) is 1. The number of ether oxygens (including phenoxy) is 1. The zero-order chi connectivity index (χ0) is 12.3. The van der Waals surface area contributed by atoms with Gasteiger partial charge in [0.2, 0.25) is 0 Å². The Morgan fingerprint density at radius 3 is 3.06 bits per heavy atom. The van der Waals surface area contributed by atoms with Crippen LogP contribution in [0.25, 0.3) is 0 Å². The summed E-state index contributed by atoms with van der Waals surface area (Å²) in [5.74, 6) is -0.193. The van der Waals surface area contributed by atoms with Crippen LogP contribution in [0.15, 0.2) is 17.9 Å². The molecule has 0 aliphatic carbocycles. The van der Waals surface area contributed by atoms with Gasteiger partial charge in [-0.3, -0.25) is 0 Å². The van der Waals surface area contributed by atoms with Crippen LogP contribution in [-0.4, -0.2) is 27.1 Å². The first-order chi connectivity index (χ1) is 8.22. The molecule has 0 fully saturated rings. The average molecular weight is 252 g/mol. The molecule has 0 bridgehead atoms. The Hall–Kier alpha value is -1.89. The Labute approximate surface area is 102 Å². The summed E-state index contributed by atoms with van der Waals surface area (Å²) in [7, 11) is 0. The molecule has 2 rings (SSSR count). The van der Waals surface area contributed by atoms with Crippen molar-refractivity contribution in [2.24, 2.45) is 0 Å². The number of rotatable bonds is 4. The minimum atomic E-state index is -0.497. The maximum Gasteiger partial charge on any atom is 0.360 e. The summed E-state index contributed by atoms with van der Waals surface area (Å²) in [6.07, 6.45) is 3.24. The van der Waals surface area contributed by atoms with E-state index in [0.717, 1.165) is 5.01 Å². The Morgan fingerprint density at radius 2 is 2.41 bits per heavy atom. The predicted molar refractivity (Wildman–Crippen MR) is 63.8 cm³/mol. The molecular formula is C10H12N4O2S. The van der Waals surface area contributed by atoms with Crippen LogP contribution in [0.3, 0.4) is 0 Å². The average Bonchev–Trinajstić information content (AvgIpc) is 2.91. The van der Waals surface area contributed by atoms with Crippen LogP contribution in [-0.2, 0) is 11.3 Å². The standard InChI is InChI=1S/C10H12N4O2S/c1-2-16-10(15)8-9(11)14(6-13-8)5-7-12-3-4-17-7/h3-4,6H,2,5,11H2,1H3. The van der Waals surface area contributed by atoms with E-state index < -0.39 is 5.97 Å². The molecule has 2 aromatic rings. The van der Waals surface area contributed by atoms with Crippen molar-refractivity contribution in [3.05, 3.63) is 28.6 Å². The van der Waals surface area contributed by atoms with E-state index in [-0.39, 0.29) is 5.69 Å². The number of carbonyl (C=O) groups is 1. The molecule has 0 saturated heterocycles. The molecule has 90 valence electrons. The van der Waals surface area contributed by atoms with Crippen molar-refractivity contribution in [3.8, 4) is 0 Å². The second kappa shape index (κ2) is 4.96. The maximum absolute atomic E-state index is 11.5. The van der Waals surface area contributed by atoms with Crippen molar-refractivity contribution in [1.82, 2.24) is 14.5 Å². The van der Waals surface area contributed by atoms with Crippen molar-refractivity contribution in [1.29, 1.82) is 0 Å². The number of imidazole rings is 1. The summed E-state index contributed by atoms with van der Waals surface area (Å²) in [5.41, 5.74) is 5.98. The molecule has 7 heteroatoms. The predicted octanol–water partition coefficient (Wildman–Crippen LogP) is 1.15. The lowest BCUT2D eigenvalue weighted by Gasteiger charge is -2.03. The number of nitrogen functional groups attached to an aromatic ring is 1. The van der Waals surface area contributed by atoms with Gasteiger partial charge in [-0.15, -0.1) is 11.3 Å². The van der Waals surface area contributed by atoms with E-state index in [1.54, 1.807) is 17.7 Å². The van der Waals surface area contributed by atoms with E-state index >= 15 is 0 Å². The Morgan fingerprint density at radius 1 is 1.59 bits per heavy atom. The van der Waals surface area contributed by atoms with E-state index in [1.165, 1.54) is 17.7 Å². The van der Waals surface area contributed by atoms with Gasteiger partial charge in [0.25, 0.3) is 0 Å². The van der Waals surface area contributed by atoms with E-state index in [2.05, 4.69) is 9.97 Å². The van der Waals surface area contributed by atoms with Crippen molar-refractivity contribution in [2.75, 3.05) is 12.3 Å². The number of nitrogens with zero attached hydrogens (tertiary/aromatic N) is 3. The highest BCUT2D eigenvalue weighted by atomic mass is 32.1. The van der Waals surface area contributed by atoms with Gasteiger partial charge in [-0.2, -0.15) is 0 Å². The van der Waals surface area contributed by atoms with Crippen LogP contribution >= 0.6 is 11.3 Å². The first-order valence-electron chi connectivity index (χ1n) is 5.08. The zero-order valence-corrected chi connectivity index (χ0v) is 10.1. The zero-order valence-electron chi connectivity index (χ0n) is 9.29. The van der Waals surface area contributed by atoms with Crippen LogP contribution in [0.5, 0.6) is 0 Å². The van der Waals surface area contributed by atoms with Gasteiger partial charge in [0, 0.05) is 11.6 Å². The van der Waals surface area contributed by atoms with Gasteiger partial charge in [-0.1, -0.05) is 0 Å². The molecule has 0 aliphatic rings. The third-order valence-electron chi connectivity index (χ3n) is 2.14. The van der Waals surface area contributed by atoms with E-state index in [9.17, 15) is 4.79 Å². The van der Waals surface area contributed by atoms with Gasteiger partial charge >= 0.3 is 5.97 Å². The van der Waals surface area contributed by atoms with Gasteiger partial charge in [0.15, 0.2) is 5.69 Å². The molecule has 0 amide bonds. The number of esters is 1. The maximum atomic E-state index is 11.5. The Kier molecular flexibility index (Phi) is 3.38. The largest absolute Gasteiger partial charge is 0.461 e. The molecule has 0 radical (unpaired) electrons. The Balaban J connectivity index is 2.18. The molecule has 2 N–H and O–H groups in total. The third kappa shape index (κ3) is 2.44. The monoisotopic (exact) mass is 252 g/mol. The highest BCUT2D eigenvalue weighted by Crippen LogP contribution is 2.14. The molecule has 0 atom stereocenters. The van der Waals surface area contributed by atoms with Crippen molar-refractivity contribution >= 4 is 23.1 Å². The van der Waals surface area contributed by atoms with E-state index in [4.69, 9.17) is 10.5 Å². The van der Waals surface area contributed by atoms with Gasteiger partial charge in [-0.25, -0.2) is 14.8 Å².